The summed E-state index contributed by atoms with van der Waals surface area (Å²) in [5, 5.41) is 0. The molecule has 2 saturated heterocycles. The monoisotopic (exact) mass is 267 g/mol. The molecule has 2 fully saturated rings. The topological polar surface area (TPSA) is 29.5 Å². The maximum Gasteiger partial charge on any atom is 0.310 e. The molecular formula is C16H29NO2. The molecular weight excluding hydrogens is 238 g/mol. The Morgan fingerprint density at radius 2 is 1.63 bits per heavy atom. The maximum atomic E-state index is 12.1. The van der Waals surface area contributed by atoms with Gasteiger partial charge in [-0.2, -0.15) is 0 Å². The van der Waals surface area contributed by atoms with Gasteiger partial charge in [-0.05, 0) is 26.2 Å². The van der Waals surface area contributed by atoms with Crippen molar-refractivity contribution in [1.29, 1.82) is 0 Å². The first-order chi connectivity index (χ1) is 8.54. The minimum Gasteiger partial charge on any atom is -0.459 e. The second-order valence-electron chi connectivity index (χ2n) is 8.38. The van der Waals surface area contributed by atoms with E-state index in [2.05, 4.69) is 46.4 Å². The molecule has 110 valence electrons. The molecule has 2 heterocycles. The van der Waals surface area contributed by atoms with Crippen LogP contribution in [0.2, 0.25) is 0 Å². The van der Waals surface area contributed by atoms with Gasteiger partial charge in [-0.3, -0.25) is 9.69 Å². The van der Waals surface area contributed by atoms with Crippen molar-refractivity contribution in [1.82, 2.24) is 4.90 Å². The molecule has 1 atom stereocenters. The third-order valence-corrected chi connectivity index (χ3v) is 4.85. The number of ether oxygens (including phenoxy) is 1. The van der Waals surface area contributed by atoms with Crippen LogP contribution in [0.25, 0.3) is 0 Å². The molecule has 19 heavy (non-hydrogen) atoms. The van der Waals surface area contributed by atoms with Crippen LogP contribution in [0, 0.1) is 11.3 Å². The van der Waals surface area contributed by atoms with Crippen LogP contribution in [0.5, 0.6) is 0 Å². The smallest absolute Gasteiger partial charge is 0.310 e. The van der Waals surface area contributed by atoms with Gasteiger partial charge in [0, 0.05) is 37.9 Å². The van der Waals surface area contributed by atoms with Crippen LogP contribution in [0.4, 0.5) is 0 Å². The average molecular weight is 267 g/mol. The highest BCUT2D eigenvalue weighted by molar-refractivity contribution is 5.76. The van der Waals surface area contributed by atoms with Crippen LogP contribution < -0.4 is 0 Å². The van der Waals surface area contributed by atoms with Gasteiger partial charge in [0.25, 0.3) is 0 Å². The van der Waals surface area contributed by atoms with Crippen molar-refractivity contribution in [3.05, 3.63) is 0 Å². The molecule has 0 aromatic carbocycles. The summed E-state index contributed by atoms with van der Waals surface area (Å²) in [4.78, 5) is 14.6. The zero-order valence-corrected chi connectivity index (χ0v) is 13.4. The highest BCUT2D eigenvalue weighted by Gasteiger charge is 2.52. The fourth-order valence-corrected chi connectivity index (χ4v) is 3.33. The Kier molecular flexibility index (Phi) is 3.49. The molecule has 0 aromatic heterocycles. The van der Waals surface area contributed by atoms with Crippen LogP contribution >= 0.6 is 0 Å². The van der Waals surface area contributed by atoms with Gasteiger partial charge in [0.05, 0.1) is 5.92 Å². The van der Waals surface area contributed by atoms with E-state index in [0.29, 0.717) is 0 Å². The van der Waals surface area contributed by atoms with Gasteiger partial charge in [-0.15, -0.1) is 0 Å². The Morgan fingerprint density at radius 1 is 1.11 bits per heavy atom. The van der Waals surface area contributed by atoms with Crippen molar-refractivity contribution in [2.75, 3.05) is 13.1 Å². The van der Waals surface area contributed by atoms with E-state index in [4.69, 9.17) is 4.74 Å². The van der Waals surface area contributed by atoms with Crippen molar-refractivity contribution in [2.24, 2.45) is 11.3 Å². The summed E-state index contributed by atoms with van der Waals surface area (Å²) in [6.07, 6.45) is 2.89. The van der Waals surface area contributed by atoms with Crippen LogP contribution in [0.15, 0.2) is 0 Å². The van der Waals surface area contributed by atoms with Gasteiger partial charge >= 0.3 is 5.97 Å². The quantitative estimate of drug-likeness (QED) is 0.631. The lowest BCUT2D eigenvalue weighted by Gasteiger charge is -2.44. The number of nitrogens with zero attached hydrogens (tertiary/aromatic N) is 1. The van der Waals surface area contributed by atoms with Crippen LogP contribution in [0.3, 0.4) is 0 Å². The summed E-state index contributed by atoms with van der Waals surface area (Å²) >= 11 is 0. The summed E-state index contributed by atoms with van der Waals surface area (Å²) in [7, 11) is 0. The Labute approximate surface area is 117 Å². The van der Waals surface area contributed by atoms with Crippen LogP contribution in [0.1, 0.15) is 60.8 Å². The van der Waals surface area contributed by atoms with E-state index < -0.39 is 0 Å². The highest BCUT2D eigenvalue weighted by Crippen LogP contribution is 2.46. The molecule has 2 aliphatic heterocycles. The zero-order valence-electron chi connectivity index (χ0n) is 13.4. The molecule has 0 amide bonds. The van der Waals surface area contributed by atoms with Crippen molar-refractivity contribution >= 4 is 5.97 Å². The van der Waals surface area contributed by atoms with Gasteiger partial charge in [0.1, 0.15) is 5.60 Å². The normalized spacial score (nSPS) is 28.7. The summed E-state index contributed by atoms with van der Waals surface area (Å²) in [5.41, 5.74) is 0.0617. The van der Waals surface area contributed by atoms with Gasteiger partial charge in [-0.1, -0.05) is 20.8 Å². The first-order valence-corrected chi connectivity index (χ1v) is 7.51. The molecule has 1 spiro atoms. The fourth-order valence-electron chi connectivity index (χ4n) is 3.33. The second kappa shape index (κ2) is 4.47. The second-order valence-corrected chi connectivity index (χ2v) is 8.38. The largest absolute Gasteiger partial charge is 0.459 e. The van der Waals surface area contributed by atoms with Crippen LogP contribution in [-0.2, 0) is 9.53 Å². The number of carbonyl (C=O) groups is 1. The fraction of sp³-hybridized carbons (Fsp3) is 0.938. The molecule has 0 aromatic rings. The SMILES string of the molecule is CC(C)(C)C1CC2(CCN(C(C)(C)C)CC2)OC1=O. The Balaban J connectivity index is 2.03. The average Bonchev–Trinajstić information content (AvgIpc) is 2.54. The minimum absolute atomic E-state index is 0.0156. The lowest BCUT2D eigenvalue weighted by Crippen LogP contribution is -2.51. The van der Waals surface area contributed by atoms with Crippen molar-refractivity contribution in [3.8, 4) is 0 Å². The summed E-state index contributed by atoms with van der Waals surface area (Å²) in [6, 6.07) is 0. The molecule has 3 heteroatoms. The molecule has 2 aliphatic rings. The molecule has 0 aliphatic carbocycles. The third-order valence-electron chi connectivity index (χ3n) is 4.85. The van der Waals surface area contributed by atoms with E-state index in [9.17, 15) is 4.79 Å². The van der Waals surface area contributed by atoms with E-state index >= 15 is 0 Å². The van der Waals surface area contributed by atoms with E-state index in [1.165, 1.54) is 0 Å². The van der Waals surface area contributed by atoms with E-state index in [1.807, 2.05) is 0 Å². The number of hydrogen-bond donors (Lipinski definition) is 0. The predicted molar refractivity (Wildman–Crippen MR) is 76.9 cm³/mol. The Hall–Kier alpha value is -0.570. The van der Waals surface area contributed by atoms with Crippen molar-refractivity contribution in [2.45, 2.75) is 71.9 Å². The van der Waals surface area contributed by atoms with Gasteiger partial charge in [0.2, 0.25) is 0 Å². The van der Waals surface area contributed by atoms with E-state index in [-0.39, 0.29) is 28.4 Å². The lowest BCUT2D eigenvalue weighted by molar-refractivity contribution is -0.156. The van der Waals surface area contributed by atoms with E-state index in [0.717, 1.165) is 32.4 Å². The molecule has 0 N–H and O–H groups in total. The van der Waals surface area contributed by atoms with E-state index in [1.54, 1.807) is 0 Å². The Bertz CT molecular complexity index is 354. The number of hydrogen-bond acceptors (Lipinski definition) is 3. The summed E-state index contributed by atoms with van der Waals surface area (Å²) < 4.78 is 5.82. The highest BCUT2D eigenvalue weighted by atomic mass is 16.6. The number of likely N-dealkylation sites (tertiary alicyclic amines) is 1. The molecule has 1 unspecified atom stereocenters. The third kappa shape index (κ3) is 2.96. The van der Waals surface area contributed by atoms with Crippen molar-refractivity contribution < 1.29 is 9.53 Å². The van der Waals surface area contributed by atoms with Crippen molar-refractivity contribution in [3.63, 3.8) is 0 Å². The van der Waals surface area contributed by atoms with Gasteiger partial charge in [0.15, 0.2) is 0 Å². The first kappa shape index (κ1) is 14.8. The Morgan fingerprint density at radius 3 is 2.00 bits per heavy atom. The molecule has 0 bridgehead atoms. The zero-order chi connectivity index (χ0) is 14.5. The molecule has 0 radical (unpaired) electrons. The summed E-state index contributed by atoms with van der Waals surface area (Å²) in [5.74, 6) is 0.0883. The maximum absolute atomic E-state index is 12.1. The lowest BCUT2D eigenvalue weighted by atomic mass is 9.74. The van der Waals surface area contributed by atoms with Gasteiger partial charge in [-0.25, -0.2) is 0 Å². The number of rotatable bonds is 0. The number of piperidine rings is 1. The first-order valence-electron chi connectivity index (χ1n) is 7.51. The van der Waals surface area contributed by atoms with Gasteiger partial charge < -0.3 is 4.74 Å². The molecule has 0 saturated carbocycles. The number of carbonyl (C=O) groups excluding carboxylic acids is 1. The van der Waals surface area contributed by atoms with Crippen LogP contribution in [-0.4, -0.2) is 35.1 Å². The standard InChI is InChI=1S/C16H29NO2/c1-14(2,3)12-11-16(19-13(12)18)7-9-17(10-8-16)15(4,5)6/h12H,7-11H2,1-6H3. The summed E-state index contributed by atoms with van der Waals surface area (Å²) in [6.45, 7) is 15.3. The molecule has 2 rings (SSSR count). The predicted octanol–water partition coefficient (Wildman–Crippen LogP) is 3.23. The number of esters is 1. The minimum atomic E-state index is -0.170. The molecule has 3 nitrogen and oxygen atoms in total.